The van der Waals surface area contributed by atoms with Crippen molar-refractivity contribution in [2.24, 2.45) is 7.05 Å². The summed E-state index contributed by atoms with van der Waals surface area (Å²) < 4.78 is 1.75. The van der Waals surface area contributed by atoms with Crippen LogP contribution < -0.4 is 5.32 Å². The van der Waals surface area contributed by atoms with E-state index < -0.39 is 0 Å². The van der Waals surface area contributed by atoms with Crippen molar-refractivity contribution in [3.05, 3.63) is 71.4 Å². The first kappa shape index (κ1) is 20.8. The topological polar surface area (TPSA) is 75.9 Å². The molecular formula is C24H28N6O. The average molecular weight is 417 g/mol. The van der Waals surface area contributed by atoms with Gasteiger partial charge in [-0.2, -0.15) is 5.10 Å². The van der Waals surface area contributed by atoms with E-state index >= 15 is 0 Å². The molecular weight excluding hydrogens is 388 g/mol. The van der Waals surface area contributed by atoms with Gasteiger partial charge < -0.3 is 10.2 Å². The Morgan fingerprint density at radius 1 is 1.23 bits per heavy atom. The number of nitrogens with zero attached hydrogens (tertiary/aromatic N) is 5. The molecule has 0 unspecified atom stereocenters. The second-order valence-electron chi connectivity index (χ2n) is 8.05. The van der Waals surface area contributed by atoms with Crippen molar-refractivity contribution in [1.29, 1.82) is 0 Å². The number of aryl methyl sites for hydroxylation is 3. The second kappa shape index (κ2) is 9.12. The van der Waals surface area contributed by atoms with Crippen LogP contribution >= 0.6 is 0 Å². The molecule has 1 fully saturated rings. The summed E-state index contributed by atoms with van der Waals surface area (Å²) >= 11 is 0. The lowest BCUT2D eigenvalue weighted by molar-refractivity contribution is -0.127. The molecule has 1 N–H and O–H groups in total. The molecule has 31 heavy (non-hydrogen) atoms. The zero-order valence-electron chi connectivity index (χ0n) is 18.2. The van der Waals surface area contributed by atoms with Gasteiger partial charge in [-0.25, -0.2) is 4.98 Å². The third kappa shape index (κ3) is 4.99. The lowest BCUT2D eigenvalue weighted by atomic mass is 9.93. The van der Waals surface area contributed by atoms with Gasteiger partial charge in [0, 0.05) is 61.6 Å². The first-order chi connectivity index (χ1) is 15.0. The fraction of sp³-hybridized carbons (Fsp3) is 0.333. The van der Waals surface area contributed by atoms with Crippen LogP contribution in [0.1, 0.15) is 41.4 Å². The number of likely N-dealkylation sites (tertiary alicyclic amines) is 1. The molecule has 0 bridgehead atoms. The van der Waals surface area contributed by atoms with Gasteiger partial charge >= 0.3 is 0 Å². The van der Waals surface area contributed by atoms with Gasteiger partial charge in [-0.1, -0.05) is 6.07 Å². The molecule has 7 nitrogen and oxygen atoms in total. The van der Waals surface area contributed by atoms with Gasteiger partial charge in [0.15, 0.2) is 0 Å². The number of pyridine rings is 2. The third-order valence-electron chi connectivity index (χ3n) is 5.65. The molecule has 0 radical (unpaired) electrons. The van der Waals surface area contributed by atoms with Gasteiger partial charge in [-0.3, -0.25) is 14.5 Å². The highest BCUT2D eigenvalue weighted by Crippen LogP contribution is 2.29. The monoisotopic (exact) mass is 416 g/mol. The molecule has 0 spiro atoms. The van der Waals surface area contributed by atoms with Crippen LogP contribution in [0.3, 0.4) is 0 Å². The van der Waals surface area contributed by atoms with Crippen LogP contribution in [-0.2, 0) is 11.8 Å². The molecule has 0 aliphatic carbocycles. The smallest absolute Gasteiger partial charge is 0.246 e. The van der Waals surface area contributed by atoms with Crippen molar-refractivity contribution in [3.63, 3.8) is 0 Å². The normalized spacial score (nSPS) is 16.6. The number of nitrogens with one attached hydrogen (secondary N) is 1. The molecule has 4 rings (SSSR count). The fourth-order valence-electron chi connectivity index (χ4n) is 3.96. The Labute approximate surface area is 182 Å². The zero-order chi connectivity index (χ0) is 21.8. The van der Waals surface area contributed by atoms with Crippen molar-refractivity contribution in [1.82, 2.24) is 24.6 Å². The van der Waals surface area contributed by atoms with Gasteiger partial charge in [0.05, 0.1) is 5.69 Å². The van der Waals surface area contributed by atoms with E-state index in [2.05, 4.69) is 21.5 Å². The number of hydrogen-bond donors (Lipinski definition) is 1. The van der Waals surface area contributed by atoms with E-state index in [0.717, 1.165) is 53.5 Å². The Morgan fingerprint density at radius 3 is 2.87 bits per heavy atom. The number of carbonyl (C=O) groups is 1. The Bertz CT molecular complexity index is 1100. The predicted molar refractivity (Wildman–Crippen MR) is 122 cm³/mol. The van der Waals surface area contributed by atoms with Crippen molar-refractivity contribution in [2.75, 3.05) is 18.4 Å². The van der Waals surface area contributed by atoms with Crippen molar-refractivity contribution in [3.8, 4) is 0 Å². The molecule has 1 amide bonds. The molecule has 160 valence electrons. The van der Waals surface area contributed by atoms with Crippen LogP contribution in [0.5, 0.6) is 0 Å². The van der Waals surface area contributed by atoms with E-state index in [1.165, 1.54) is 0 Å². The highest BCUT2D eigenvalue weighted by Gasteiger charge is 2.25. The molecule has 3 aromatic rings. The minimum absolute atomic E-state index is 0.0287. The van der Waals surface area contributed by atoms with Crippen LogP contribution in [0.4, 0.5) is 11.5 Å². The van der Waals surface area contributed by atoms with E-state index in [4.69, 9.17) is 4.98 Å². The molecule has 7 heteroatoms. The largest absolute Gasteiger partial charge is 0.340 e. The van der Waals surface area contributed by atoms with Crippen LogP contribution in [-0.4, -0.2) is 43.6 Å². The molecule has 1 aliphatic rings. The average Bonchev–Trinajstić information content (AvgIpc) is 3.18. The number of aromatic nitrogens is 4. The molecule has 0 aromatic carbocycles. The number of hydrogen-bond acceptors (Lipinski definition) is 5. The maximum absolute atomic E-state index is 12.8. The summed E-state index contributed by atoms with van der Waals surface area (Å²) in [5.41, 5.74) is 4.94. The van der Waals surface area contributed by atoms with Crippen LogP contribution in [0.2, 0.25) is 0 Å². The Hall–Kier alpha value is -3.48. The maximum Gasteiger partial charge on any atom is 0.246 e. The quantitative estimate of drug-likeness (QED) is 0.637. The summed E-state index contributed by atoms with van der Waals surface area (Å²) in [6, 6.07) is 9.97. The van der Waals surface area contributed by atoms with E-state index in [-0.39, 0.29) is 11.8 Å². The van der Waals surface area contributed by atoms with E-state index in [1.807, 2.05) is 56.1 Å². The Kier molecular flexibility index (Phi) is 6.11. The number of anilines is 2. The Morgan fingerprint density at radius 2 is 2.10 bits per heavy atom. The van der Waals surface area contributed by atoms with E-state index in [1.54, 1.807) is 23.2 Å². The van der Waals surface area contributed by atoms with Crippen molar-refractivity contribution < 1.29 is 4.79 Å². The first-order valence-corrected chi connectivity index (χ1v) is 10.6. The number of carbonyl (C=O) groups excluding carboxylic acids is 1. The van der Waals surface area contributed by atoms with Gasteiger partial charge in [0.2, 0.25) is 5.91 Å². The molecule has 4 heterocycles. The third-order valence-corrected chi connectivity index (χ3v) is 5.65. The highest BCUT2D eigenvalue weighted by atomic mass is 16.2. The standard InChI is InChI=1S/C24H28N6O/c1-17-6-4-11-25-24(17)28-20-14-18(2)27-22(15-20)19-7-5-13-30(16-19)23(31)9-8-21-10-12-26-29(21)3/h4,6,8-12,14-15,19H,5,7,13,16H2,1-3H3,(H,25,27,28)/b9-8+/t19-/m1/s1. The number of amides is 1. The lowest BCUT2D eigenvalue weighted by Gasteiger charge is -2.32. The van der Waals surface area contributed by atoms with Gasteiger partial charge in [-0.05, 0) is 62.6 Å². The maximum atomic E-state index is 12.8. The van der Waals surface area contributed by atoms with E-state index in [0.29, 0.717) is 6.54 Å². The summed E-state index contributed by atoms with van der Waals surface area (Å²) in [7, 11) is 1.86. The number of piperidine rings is 1. The zero-order valence-corrected chi connectivity index (χ0v) is 18.2. The van der Waals surface area contributed by atoms with Gasteiger partial charge in [0.1, 0.15) is 5.82 Å². The Balaban J connectivity index is 1.48. The molecule has 1 aliphatic heterocycles. The molecule has 1 saturated heterocycles. The number of rotatable bonds is 5. The summed E-state index contributed by atoms with van der Waals surface area (Å²) in [6.45, 7) is 5.48. The lowest BCUT2D eigenvalue weighted by Crippen LogP contribution is -2.38. The highest BCUT2D eigenvalue weighted by molar-refractivity contribution is 5.91. The van der Waals surface area contributed by atoms with Crippen LogP contribution in [0.15, 0.2) is 48.8 Å². The first-order valence-electron chi connectivity index (χ1n) is 10.6. The minimum Gasteiger partial charge on any atom is -0.340 e. The van der Waals surface area contributed by atoms with Crippen molar-refractivity contribution in [2.45, 2.75) is 32.6 Å². The minimum atomic E-state index is 0.0287. The summed E-state index contributed by atoms with van der Waals surface area (Å²) in [5, 5.41) is 7.55. The van der Waals surface area contributed by atoms with E-state index in [9.17, 15) is 4.79 Å². The van der Waals surface area contributed by atoms with Crippen LogP contribution in [0.25, 0.3) is 6.08 Å². The summed E-state index contributed by atoms with van der Waals surface area (Å²) in [6.07, 6.45) is 8.96. The van der Waals surface area contributed by atoms with Crippen LogP contribution in [0, 0.1) is 13.8 Å². The molecule has 1 atom stereocenters. The molecule has 3 aromatic heterocycles. The molecule has 0 saturated carbocycles. The van der Waals surface area contributed by atoms with Crippen molar-refractivity contribution >= 4 is 23.5 Å². The van der Waals surface area contributed by atoms with Gasteiger partial charge in [-0.15, -0.1) is 0 Å². The summed E-state index contributed by atoms with van der Waals surface area (Å²) in [4.78, 5) is 23.9. The van der Waals surface area contributed by atoms with Gasteiger partial charge in [0.25, 0.3) is 0 Å². The fourth-order valence-corrected chi connectivity index (χ4v) is 3.96. The second-order valence-corrected chi connectivity index (χ2v) is 8.05. The SMILES string of the molecule is Cc1cc(Nc2ncccc2C)cc([C@@H]2CCCN(C(=O)/C=C/c3ccnn3C)C2)n1. The predicted octanol–water partition coefficient (Wildman–Crippen LogP) is 3.99. The summed E-state index contributed by atoms with van der Waals surface area (Å²) in [5.74, 6) is 1.09.